The highest BCUT2D eigenvalue weighted by Gasteiger charge is 2.71. The van der Waals surface area contributed by atoms with E-state index < -0.39 is 112 Å². The minimum absolute atomic E-state index is 0.0833. The van der Waals surface area contributed by atoms with Gasteiger partial charge >= 0.3 is 72.6 Å². The molecule has 0 aliphatic heterocycles. The predicted molar refractivity (Wildman–Crippen MR) is 157 cm³/mol. The Morgan fingerprint density at radius 2 is 0.689 bits per heavy atom. The van der Waals surface area contributed by atoms with Gasteiger partial charge in [0, 0.05) is 19.6 Å². The van der Waals surface area contributed by atoms with Gasteiger partial charge in [-0.1, -0.05) is 0 Å². The fraction of sp³-hybridized carbons (Fsp3) is 0.846. The van der Waals surface area contributed by atoms with Gasteiger partial charge in [-0.2, -0.15) is 70.2 Å². The molecule has 0 spiro atoms. The highest BCUT2D eigenvalue weighted by Crippen LogP contribution is 2.45. The maximum atomic E-state index is 13.4. The van der Waals surface area contributed by atoms with Crippen LogP contribution in [-0.4, -0.2) is 181 Å². The third kappa shape index (κ3) is 23.4. The van der Waals surface area contributed by atoms with Gasteiger partial charge in [-0.05, 0) is 0 Å². The lowest BCUT2D eigenvalue weighted by Crippen LogP contribution is -2.57. The molecular weight excluding hydrogens is 914 g/mol. The first-order valence-electron chi connectivity index (χ1n) is 15.5. The Labute approximate surface area is 330 Å². The fourth-order valence-electron chi connectivity index (χ4n) is 2.56. The van der Waals surface area contributed by atoms with E-state index in [2.05, 4.69) is 37.9 Å². The highest BCUT2D eigenvalue weighted by molar-refractivity contribution is 5.82. The van der Waals surface area contributed by atoms with E-state index in [1.807, 2.05) is 0 Å². The van der Waals surface area contributed by atoms with Crippen molar-refractivity contribution < 1.29 is 147 Å². The molecule has 0 radical (unpaired) electrons. The van der Waals surface area contributed by atoms with Crippen LogP contribution in [0.2, 0.25) is 0 Å². The van der Waals surface area contributed by atoms with Gasteiger partial charge in [-0.3, -0.25) is 9.59 Å². The zero-order chi connectivity index (χ0) is 48.6. The SMILES string of the molecule is COC(=O)C(F)(F)OC(F)(F)C(F)(F)OC(F)(F)C(=O)OC.NCCOCCO.O=C(NCCOCCO)C(F)(F)OC(F)(F)C(F)(F)OC(F)(F)C(=O)NCCOCCO. The number of alkyl halides is 16. The smallest absolute Gasteiger partial charge is 0.460 e. The number of methoxy groups -OCH3 is 2. The molecule has 61 heavy (non-hydrogen) atoms. The summed E-state index contributed by atoms with van der Waals surface area (Å²) in [4.78, 5) is 43.0. The molecule has 7 N–H and O–H groups in total. The number of amides is 2. The van der Waals surface area contributed by atoms with Crippen LogP contribution in [0.5, 0.6) is 0 Å². The van der Waals surface area contributed by atoms with E-state index in [0.717, 1.165) is 0 Å². The molecule has 0 heterocycles. The van der Waals surface area contributed by atoms with Crippen molar-refractivity contribution >= 4 is 23.8 Å². The summed E-state index contributed by atoms with van der Waals surface area (Å²) < 4.78 is 239. The maximum absolute atomic E-state index is 13.4. The molecule has 19 nitrogen and oxygen atoms in total. The van der Waals surface area contributed by atoms with Gasteiger partial charge in [0.25, 0.3) is 0 Å². The molecule has 0 aliphatic rings. The summed E-state index contributed by atoms with van der Waals surface area (Å²) in [5.41, 5.74) is 5.06. The molecule has 0 aromatic rings. The van der Waals surface area contributed by atoms with E-state index in [1.54, 1.807) is 0 Å². The van der Waals surface area contributed by atoms with Crippen molar-refractivity contribution in [2.75, 3.05) is 93.3 Å². The summed E-state index contributed by atoms with van der Waals surface area (Å²) in [6.45, 7) is -2.34. The number of nitrogens with two attached hydrogens (primary N) is 1. The van der Waals surface area contributed by atoms with Gasteiger partial charge in [0.1, 0.15) is 0 Å². The predicted octanol–water partition coefficient (Wildman–Crippen LogP) is 0.332. The molecule has 0 saturated carbocycles. The quantitative estimate of drug-likeness (QED) is 0.0351. The van der Waals surface area contributed by atoms with Crippen molar-refractivity contribution in [1.82, 2.24) is 10.6 Å². The van der Waals surface area contributed by atoms with Gasteiger partial charge in [-0.25, -0.2) is 28.5 Å². The Kier molecular flexibility index (Phi) is 27.7. The lowest BCUT2D eigenvalue weighted by atomic mass is 10.4. The van der Waals surface area contributed by atoms with E-state index in [1.165, 1.54) is 10.6 Å². The summed E-state index contributed by atoms with van der Waals surface area (Å²) in [5, 5.41) is 27.5. The number of nitrogens with one attached hydrogen (secondary N) is 2. The van der Waals surface area contributed by atoms with Crippen molar-refractivity contribution in [3.05, 3.63) is 0 Å². The first-order valence-corrected chi connectivity index (χ1v) is 15.5. The van der Waals surface area contributed by atoms with Crippen molar-refractivity contribution in [2.24, 2.45) is 5.73 Å². The molecule has 0 saturated heterocycles. The van der Waals surface area contributed by atoms with Crippen molar-refractivity contribution in [3.8, 4) is 0 Å². The summed E-state index contributed by atoms with van der Waals surface area (Å²) >= 11 is 0. The van der Waals surface area contributed by atoms with E-state index in [9.17, 15) is 89.4 Å². The molecule has 35 heteroatoms. The topological polar surface area (TPSA) is 262 Å². The number of esters is 2. The normalized spacial score (nSPS) is 13.0. The molecule has 0 fully saturated rings. The highest BCUT2D eigenvalue weighted by atomic mass is 19.4. The number of carbonyl (C=O) groups excluding carboxylic acids is 4. The molecule has 0 bridgehead atoms. The summed E-state index contributed by atoms with van der Waals surface area (Å²) in [6.07, 6.45) is -48.4. The molecule has 364 valence electrons. The van der Waals surface area contributed by atoms with Crippen molar-refractivity contribution in [1.29, 1.82) is 0 Å². The maximum Gasteiger partial charge on any atom is 0.460 e. The van der Waals surface area contributed by atoms with Gasteiger partial charge in [0.05, 0.1) is 73.7 Å². The van der Waals surface area contributed by atoms with Gasteiger partial charge in [0.15, 0.2) is 0 Å². The van der Waals surface area contributed by atoms with Crippen LogP contribution in [0.4, 0.5) is 70.2 Å². The molecule has 2 amide bonds. The second-order valence-electron chi connectivity index (χ2n) is 9.83. The van der Waals surface area contributed by atoms with E-state index in [-0.39, 0.29) is 34.0 Å². The van der Waals surface area contributed by atoms with Crippen molar-refractivity contribution in [2.45, 2.75) is 48.9 Å². The van der Waals surface area contributed by atoms with E-state index in [0.29, 0.717) is 19.8 Å². The van der Waals surface area contributed by atoms with Crippen LogP contribution in [0.25, 0.3) is 0 Å². The number of hydrogen-bond acceptors (Lipinski definition) is 17. The Balaban J connectivity index is -0.000000997. The zero-order valence-corrected chi connectivity index (χ0v) is 30.8. The van der Waals surface area contributed by atoms with Crippen LogP contribution in [0, 0.1) is 0 Å². The number of aliphatic hydroxyl groups excluding tert-OH is 3. The Bertz CT molecular complexity index is 1210. The average molecular weight is 952 g/mol. The molecule has 0 aromatic carbocycles. The van der Waals surface area contributed by atoms with E-state index in [4.69, 9.17) is 25.8 Å². The second kappa shape index (κ2) is 27.4. The van der Waals surface area contributed by atoms with Crippen LogP contribution in [0.1, 0.15) is 0 Å². The minimum Gasteiger partial charge on any atom is -0.463 e. The van der Waals surface area contributed by atoms with Crippen LogP contribution in [0.15, 0.2) is 0 Å². The number of halogens is 16. The van der Waals surface area contributed by atoms with Crippen LogP contribution in [0.3, 0.4) is 0 Å². The first kappa shape index (κ1) is 61.6. The Morgan fingerprint density at radius 3 is 0.918 bits per heavy atom. The second-order valence-corrected chi connectivity index (χ2v) is 9.83. The minimum atomic E-state index is -6.50. The monoisotopic (exact) mass is 951 g/mol. The van der Waals surface area contributed by atoms with Gasteiger partial charge in [0.2, 0.25) is 0 Å². The van der Waals surface area contributed by atoms with Crippen LogP contribution in [-0.2, 0) is 61.8 Å². The number of hydrogen-bond donors (Lipinski definition) is 6. The molecule has 0 aliphatic carbocycles. The number of carbonyl (C=O) groups is 4. The number of rotatable bonds is 28. The van der Waals surface area contributed by atoms with Crippen molar-refractivity contribution in [3.63, 3.8) is 0 Å². The average Bonchev–Trinajstić information content (AvgIpc) is 3.12. The largest absolute Gasteiger partial charge is 0.463 e. The molecule has 0 atom stereocenters. The molecule has 0 rings (SSSR count). The summed E-state index contributed by atoms with van der Waals surface area (Å²) in [6, 6.07) is 0. The number of ether oxygens (including phenoxy) is 9. The van der Waals surface area contributed by atoms with Gasteiger partial charge in [-0.15, -0.1) is 0 Å². The van der Waals surface area contributed by atoms with Crippen LogP contribution < -0.4 is 16.4 Å². The van der Waals surface area contributed by atoms with Gasteiger partial charge < -0.3 is 55.4 Å². The number of aliphatic hydroxyl groups is 3. The Morgan fingerprint density at radius 1 is 0.443 bits per heavy atom. The summed E-state index contributed by atoms with van der Waals surface area (Å²) in [7, 11) is 0.551. The Hall–Kier alpha value is -3.68. The molecule has 0 unspecified atom stereocenters. The third-order valence-electron chi connectivity index (χ3n) is 5.11. The summed E-state index contributed by atoms with van der Waals surface area (Å²) in [5.74, 6) is -10.9. The van der Waals surface area contributed by atoms with Crippen LogP contribution >= 0.6 is 0 Å². The molecular formula is C26H37F16N3O16. The zero-order valence-electron chi connectivity index (χ0n) is 30.8. The standard InChI is InChI=1S/C14H20F8N2O8.C8H6F8O6.C4H11NO2/c15-11(16,9(27)23-1-5-29-7-3-25)31-13(19,20)14(21,22)32-12(17,18)10(28)24-2-6-30-8-4-26;1-19-3(17)5(9,10)21-7(13,14)8(15,16)22-6(11,12)4(18)20-2;5-1-3-7-4-2-6/h25-26H,1-8H2,(H,23,27)(H,24,28);1-2H3;6H,1-5H2. The lowest BCUT2D eigenvalue weighted by Gasteiger charge is -2.30. The lowest BCUT2D eigenvalue weighted by molar-refractivity contribution is -0.502. The molecule has 0 aromatic heterocycles. The third-order valence-corrected chi connectivity index (χ3v) is 5.11. The van der Waals surface area contributed by atoms with E-state index >= 15 is 0 Å². The fourth-order valence-corrected chi connectivity index (χ4v) is 2.56. The first-order chi connectivity index (χ1) is 27.7.